The summed E-state index contributed by atoms with van der Waals surface area (Å²) in [4.78, 5) is 7.23. The van der Waals surface area contributed by atoms with Crippen LogP contribution in [0.2, 0.25) is 0 Å². The summed E-state index contributed by atoms with van der Waals surface area (Å²) in [5, 5.41) is 0. The molecule has 2 heterocycles. The molecule has 0 saturated carbocycles. The predicted octanol–water partition coefficient (Wildman–Crippen LogP) is 4.74. The quantitative estimate of drug-likeness (QED) is 0.755. The molecule has 0 amide bonds. The number of hydrogen-bond acceptors (Lipinski definition) is 2. The van der Waals surface area contributed by atoms with Crippen molar-refractivity contribution in [1.82, 2.24) is 9.88 Å². The molecule has 0 unspecified atom stereocenters. The molecule has 3 heteroatoms. The first-order valence-corrected chi connectivity index (χ1v) is 7.98. The number of likely N-dealkylation sites (tertiary alicyclic amines) is 1. The minimum Gasteiger partial charge on any atom is -0.288 e. The molecule has 2 atom stereocenters. The molecular weight excluding hydrogens is 312 g/mol. The average Bonchev–Trinajstić information content (AvgIpc) is 2.97. The standard InChI is InChI=1S/C17H19BrN2/c1-13(14-7-3-2-4-8-14)20-12-6-10-16(20)15-9-5-11-17(18)19-15/h2-5,7-9,11,13,16H,6,10,12H2,1H3/t13-,16+/m1/s1. The van der Waals surface area contributed by atoms with E-state index in [1.807, 2.05) is 6.07 Å². The second-order valence-corrected chi connectivity index (χ2v) is 6.18. The molecule has 0 N–H and O–H groups in total. The minimum atomic E-state index is 0.433. The van der Waals surface area contributed by atoms with Gasteiger partial charge in [0.2, 0.25) is 0 Å². The van der Waals surface area contributed by atoms with Crippen LogP contribution in [-0.4, -0.2) is 16.4 Å². The summed E-state index contributed by atoms with van der Waals surface area (Å²) in [5.41, 5.74) is 2.56. The monoisotopic (exact) mass is 330 g/mol. The molecule has 0 radical (unpaired) electrons. The summed E-state index contributed by atoms with van der Waals surface area (Å²) < 4.78 is 0.925. The molecule has 0 bridgehead atoms. The zero-order valence-electron chi connectivity index (χ0n) is 11.7. The molecular formula is C17H19BrN2. The molecule has 20 heavy (non-hydrogen) atoms. The minimum absolute atomic E-state index is 0.433. The predicted molar refractivity (Wildman–Crippen MR) is 85.5 cm³/mol. The second-order valence-electron chi connectivity index (χ2n) is 5.37. The number of rotatable bonds is 3. The molecule has 104 valence electrons. The van der Waals surface area contributed by atoms with E-state index in [4.69, 9.17) is 0 Å². The van der Waals surface area contributed by atoms with Gasteiger partial charge in [0.05, 0.1) is 11.7 Å². The molecule has 1 saturated heterocycles. The molecule has 1 fully saturated rings. The lowest BCUT2D eigenvalue weighted by molar-refractivity contribution is 0.191. The Morgan fingerprint density at radius 2 is 1.95 bits per heavy atom. The van der Waals surface area contributed by atoms with E-state index in [1.54, 1.807) is 0 Å². The Hall–Kier alpha value is -1.19. The van der Waals surface area contributed by atoms with Gasteiger partial charge in [0.1, 0.15) is 4.60 Å². The Morgan fingerprint density at radius 3 is 2.70 bits per heavy atom. The van der Waals surface area contributed by atoms with Gasteiger partial charge < -0.3 is 0 Å². The summed E-state index contributed by atoms with van der Waals surface area (Å²) in [5.74, 6) is 0. The lowest BCUT2D eigenvalue weighted by Crippen LogP contribution is -2.27. The average molecular weight is 331 g/mol. The Balaban J connectivity index is 1.86. The van der Waals surface area contributed by atoms with Crippen LogP contribution in [0.5, 0.6) is 0 Å². The van der Waals surface area contributed by atoms with Gasteiger partial charge in [0.25, 0.3) is 0 Å². The van der Waals surface area contributed by atoms with Crippen molar-refractivity contribution >= 4 is 15.9 Å². The zero-order chi connectivity index (χ0) is 13.9. The molecule has 0 aliphatic carbocycles. The highest BCUT2D eigenvalue weighted by Crippen LogP contribution is 2.37. The molecule has 1 aliphatic rings. The van der Waals surface area contributed by atoms with Crippen LogP contribution in [0.4, 0.5) is 0 Å². The van der Waals surface area contributed by atoms with E-state index < -0.39 is 0 Å². The van der Waals surface area contributed by atoms with Crippen LogP contribution < -0.4 is 0 Å². The second kappa shape index (κ2) is 6.06. The van der Waals surface area contributed by atoms with E-state index in [0.717, 1.165) is 11.1 Å². The first-order chi connectivity index (χ1) is 9.75. The summed E-state index contributed by atoms with van der Waals surface area (Å²) >= 11 is 3.48. The molecule has 2 nitrogen and oxygen atoms in total. The van der Waals surface area contributed by atoms with Crippen LogP contribution in [-0.2, 0) is 0 Å². The third kappa shape index (κ3) is 2.79. The third-order valence-corrected chi connectivity index (χ3v) is 4.59. The number of halogens is 1. The van der Waals surface area contributed by atoms with Crippen LogP contribution in [0.15, 0.2) is 53.1 Å². The highest BCUT2D eigenvalue weighted by atomic mass is 79.9. The Labute approximate surface area is 129 Å². The van der Waals surface area contributed by atoms with Gasteiger partial charge >= 0.3 is 0 Å². The topological polar surface area (TPSA) is 16.1 Å². The number of nitrogens with zero attached hydrogens (tertiary/aromatic N) is 2. The van der Waals surface area contributed by atoms with Gasteiger partial charge in [-0.2, -0.15) is 0 Å². The van der Waals surface area contributed by atoms with Crippen molar-refractivity contribution in [2.24, 2.45) is 0 Å². The van der Waals surface area contributed by atoms with Crippen molar-refractivity contribution in [3.8, 4) is 0 Å². The van der Waals surface area contributed by atoms with E-state index >= 15 is 0 Å². The van der Waals surface area contributed by atoms with Crippen molar-refractivity contribution < 1.29 is 0 Å². The summed E-state index contributed by atoms with van der Waals surface area (Å²) in [6.45, 7) is 3.44. The van der Waals surface area contributed by atoms with Crippen molar-refractivity contribution in [3.05, 3.63) is 64.4 Å². The van der Waals surface area contributed by atoms with E-state index in [-0.39, 0.29) is 0 Å². The van der Waals surface area contributed by atoms with Gasteiger partial charge in [-0.3, -0.25) is 4.90 Å². The van der Waals surface area contributed by atoms with E-state index in [0.29, 0.717) is 12.1 Å². The Bertz CT molecular complexity index is 570. The number of benzene rings is 1. The summed E-state index contributed by atoms with van der Waals surface area (Å²) in [6.07, 6.45) is 2.44. The maximum atomic E-state index is 4.66. The van der Waals surface area contributed by atoms with Crippen LogP contribution in [0.25, 0.3) is 0 Å². The van der Waals surface area contributed by atoms with Gasteiger partial charge in [0.15, 0.2) is 0 Å². The normalized spacial score (nSPS) is 21.0. The van der Waals surface area contributed by atoms with E-state index in [9.17, 15) is 0 Å². The van der Waals surface area contributed by atoms with Crippen LogP contribution in [0, 0.1) is 0 Å². The van der Waals surface area contributed by atoms with E-state index in [2.05, 4.69) is 75.2 Å². The summed E-state index contributed by atoms with van der Waals surface area (Å²) in [7, 11) is 0. The zero-order valence-corrected chi connectivity index (χ0v) is 13.3. The number of hydrogen-bond donors (Lipinski definition) is 0. The molecule has 1 aromatic heterocycles. The fourth-order valence-electron chi connectivity index (χ4n) is 3.10. The SMILES string of the molecule is C[C@H](c1ccccc1)N1CCC[C@H]1c1cccc(Br)n1. The maximum Gasteiger partial charge on any atom is 0.106 e. The lowest BCUT2D eigenvalue weighted by atomic mass is 10.0. The fraction of sp³-hybridized carbons (Fsp3) is 0.353. The number of pyridine rings is 1. The fourth-order valence-corrected chi connectivity index (χ4v) is 3.46. The largest absolute Gasteiger partial charge is 0.288 e. The Kier molecular flexibility index (Phi) is 4.18. The molecule has 1 aliphatic heterocycles. The van der Waals surface area contributed by atoms with Crippen molar-refractivity contribution in [3.63, 3.8) is 0 Å². The molecule has 2 aromatic rings. The van der Waals surface area contributed by atoms with Crippen LogP contribution in [0.1, 0.15) is 43.1 Å². The summed E-state index contributed by atoms with van der Waals surface area (Å²) in [6, 6.07) is 17.8. The lowest BCUT2D eigenvalue weighted by Gasteiger charge is -2.30. The van der Waals surface area contributed by atoms with Crippen molar-refractivity contribution in [2.45, 2.75) is 31.8 Å². The van der Waals surface area contributed by atoms with Crippen LogP contribution >= 0.6 is 15.9 Å². The van der Waals surface area contributed by atoms with Gasteiger partial charge in [-0.05, 0) is 59.9 Å². The molecule has 3 rings (SSSR count). The van der Waals surface area contributed by atoms with Crippen molar-refractivity contribution in [1.29, 1.82) is 0 Å². The first kappa shape index (κ1) is 13.8. The molecule has 1 aromatic carbocycles. The Morgan fingerprint density at radius 1 is 1.15 bits per heavy atom. The van der Waals surface area contributed by atoms with Gasteiger partial charge in [-0.15, -0.1) is 0 Å². The number of aromatic nitrogens is 1. The highest BCUT2D eigenvalue weighted by molar-refractivity contribution is 9.10. The third-order valence-electron chi connectivity index (χ3n) is 4.15. The van der Waals surface area contributed by atoms with Gasteiger partial charge in [-0.1, -0.05) is 36.4 Å². The van der Waals surface area contributed by atoms with Gasteiger partial charge in [-0.25, -0.2) is 4.98 Å². The first-order valence-electron chi connectivity index (χ1n) is 7.19. The van der Waals surface area contributed by atoms with E-state index in [1.165, 1.54) is 24.1 Å². The highest BCUT2D eigenvalue weighted by Gasteiger charge is 2.31. The molecule has 0 spiro atoms. The van der Waals surface area contributed by atoms with Crippen molar-refractivity contribution in [2.75, 3.05) is 6.54 Å². The maximum absolute atomic E-state index is 4.66. The van der Waals surface area contributed by atoms with Crippen LogP contribution in [0.3, 0.4) is 0 Å². The smallest absolute Gasteiger partial charge is 0.106 e. The van der Waals surface area contributed by atoms with Gasteiger partial charge in [0, 0.05) is 6.04 Å².